The molecule has 9 aromatic rings. The largest absolute Gasteiger partial charge is 0.481 e. The van der Waals surface area contributed by atoms with E-state index in [1.807, 2.05) is 36.4 Å². The lowest BCUT2D eigenvalue weighted by atomic mass is 9.73. The minimum Gasteiger partial charge on any atom is -0.481 e. The van der Waals surface area contributed by atoms with Gasteiger partial charge >= 0.3 is 5.97 Å². The van der Waals surface area contributed by atoms with E-state index in [1.165, 1.54) is 96.9 Å². The van der Waals surface area contributed by atoms with Gasteiger partial charge in [0.1, 0.15) is 47.1 Å². The molecule has 3 fully saturated rings. The molecule has 0 spiro atoms. The van der Waals surface area contributed by atoms with Gasteiger partial charge in [0, 0.05) is 61.5 Å². The van der Waals surface area contributed by atoms with E-state index in [2.05, 4.69) is 98.4 Å². The van der Waals surface area contributed by atoms with E-state index in [1.54, 1.807) is 48.5 Å². The molecule has 0 bridgehead atoms. The number of carboxylic acid groups (broad SMARTS) is 1. The van der Waals surface area contributed by atoms with Crippen LogP contribution in [-0.4, -0.2) is 147 Å². The SMILES string of the molecule is CC(=O)Cl.ClCCl.N#CC1(c2ccccc2)CCN(CCCCOC(c2ccc(F)cc2)c2ccc(F)cc2)CC1.N#CC1(c2ccccc2)CCNCC1.NCC1(c2ccccc2)CCN(CCCCOC(c2ccc(F)cc2)c2ccc(F)cc2)CC1.O.O=C(O)CCN1C(=O)C=CC1=O.O=C=Nc1ccc(F)cc1.O=S(=O)(Cl)c1ccc(F)cc1. The van der Waals surface area contributed by atoms with Gasteiger partial charge in [0.15, 0.2) is 0 Å². The van der Waals surface area contributed by atoms with Gasteiger partial charge in [0.2, 0.25) is 11.3 Å². The fourth-order valence-electron chi connectivity index (χ4n) is 13.7. The first kappa shape index (κ1) is 103. The molecule has 0 aromatic heterocycles. The van der Waals surface area contributed by atoms with E-state index >= 15 is 0 Å². The standard InChI is InChI=1S/C29H34F2N2O.C29H30F2N2O.C12H14N2.C7H4FNO.C7H7NO4.C6H4ClFO2S.C2H3ClO.CH2Cl2.H2O/c2*30-26-12-8-23(9-13-26)28(24-10-14-27(31)15-11-24)34-21-5-4-18-33-19-16-29(22-32,17-20-33)25-6-2-1-3-7-25;13-10-12(6-8-14-9-7-12)11-4-2-1-3-5-11;8-6-1-3-7(4-2-6)9-5-10;9-5-1-2-6(10)8(5)4-3-7(11)12;7-11(9,10)6-3-1-5(8)2-4-6;1-2(3)4;2-1-3;/h1-3,6-15,28H,4-5,16-22,32H2;1-3,6-15,28H,4-5,16-21H2;1-5,14H,6-9H2;1-4H;1-2H,3-4H2,(H,11,12);1-4H;1H3;1H2;1H2. The van der Waals surface area contributed by atoms with Crippen LogP contribution in [0, 0.1) is 57.6 Å². The zero-order chi connectivity index (χ0) is 88.8. The van der Waals surface area contributed by atoms with Gasteiger partial charge in [-0.1, -0.05) is 140 Å². The average molecular weight is 1790 g/mol. The Labute approximate surface area is 734 Å². The number of nitrogens with two attached hydrogens (primary N) is 1. The summed E-state index contributed by atoms with van der Waals surface area (Å²) in [5.41, 5.74) is 13.2. The number of isocyanates is 1. The Morgan fingerprint density at radius 3 is 1.15 bits per heavy atom. The van der Waals surface area contributed by atoms with Crippen molar-refractivity contribution < 1.29 is 78.8 Å². The molecule has 13 rings (SSSR count). The predicted octanol–water partition coefficient (Wildman–Crippen LogP) is 18.4. The molecule has 0 unspecified atom stereocenters. The number of carbonyl (C=O) groups is 4. The van der Waals surface area contributed by atoms with E-state index in [0.717, 1.165) is 186 Å². The zero-order valence-electron chi connectivity index (χ0n) is 67.9. The third-order valence-electron chi connectivity index (χ3n) is 20.4. The fraction of sp³-hybridized carbons (Fsp3) is 0.323. The number of nitrogens with zero attached hydrogens (tertiary/aromatic N) is 6. The molecule has 0 atom stereocenters. The normalized spacial score (nSPS) is 14.7. The van der Waals surface area contributed by atoms with E-state index in [0.29, 0.717) is 25.4 Å². The number of benzene rings is 9. The number of nitrogens with one attached hydrogen (secondary N) is 1. The number of piperidine rings is 3. The summed E-state index contributed by atoms with van der Waals surface area (Å²) in [7, 11) is 1.25. The third kappa shape index (κ3) is 35.9. The van der Waals surface area contributed by atoms with Crippen molar-refractivity contribution in [2.45, 2.75) is 111 Å². The number of hydrogen-bond acceptors (Lipinski definition) is 16. The smallest absolute Gasteiger partial charge is 0.305 e. The van der Waals surface area contributed by atoms with Gasteiger partial charge in [-0.2, -0.15) is 15.5 Å². The molecule has 9 aromatic carbocycles. The minimum absolute atomic E-state index is 0. The Hall–Kier alpha value is -10.2. The zero-order valence-corrected chi connectivity index (χ0v) is 71.7. The second kappa shape index (κ2) is 55.1. The molecular weight excluding hydrogens is 1690 g/mol. The number of halogens is 10. The van der Waals surface area contributed by atoms with Crippen LogP contribution in [-0.2, 0) is 58.7 Å². The third-order valence-corrected chi connectivity index (χ3v) is 21.8. The van der Waals surface area contributed by atoms with Crippen molar-refractivity contribution in [2.75, 3.05) is 84.0 Å². The fourth-order valence-corrected chi connectivity index (χ4v) is 14.5. The number of imide groups is 1. The molecule has 2 amide bonds. The first-order chi connectivity index (χ1) is 58.6. The summed E-state index contributed by atoms with van der Waals surface area (Å²) in [6, 6.07) is 70.8. The topological polar surface area (TPSA) is 297 Å². The van der Waals surface area contributed by atoms with Gasteiger partial charge < -0.3 is 40.9 Å². The van der Waals surface area contributed by atoms with Crippen molar-refractivity contribution in [3.63, 3.8) is 0 Å². The summed E-state index contributed by atoms with van der Waals surface area (Å²) in [5, 5.41) is 30.6. The number of aliphatic imine (C=N–C) groups is 1. The molecule has 0 radical (unpaired) electrons. The Balaban J connectivity index is 0.000000276. The summed E-state index contributed by atoms with van der Waals surface area (Å²) in [6.07, 6.45) is 12.3. The van der Waals surface area contributed by atoms with Gasteiger partial charge in [0.05, 0.1) is 45.3 Å². The van der Waals surface area contributed by atoms with Crippen molar-refractivity contribution in [1.29, 1.82) is 10.5 Å². The van der Waals surface area contributed by atoms with Crippen LogP contribution in [0.15, 0.2) is 259 Å². The van der Waals surface area contributed by atoms with Crippen molar-refractivity contribution in [3.05, 3.63) is 323 Å². The molecule has 654 valence electrons. The number of aliphatic carboxylic acids is 1. The molecule has 4 aliphatic rings. The van der Waals surface area contributed by atoms with Crippen LogP contribution >= 0.6 is 45.5 Å². The average Bonchev–Trinajstić information content (AvgIpc) is 1.69. The molecule has 6 N–H and O–H groups in total. The molecule has 123 heavy (non-hydrogen) atoms. The molecular formula is C93H100Cl4F6N8O11S. The monoisotopic (exact) mass is 1790 g/mol. The van der Waals surface area contributed by atoms with Gasteiger partial charge in [-0.3, -0.25) is 24.1 Å². The number of rotatable bonds is 25. The number of amides is 2. The number of carboxylic acids is 1. The summed E-state index contributed by atoms with van der Waals surface area (Å²) in [6.45, 7) is 10.9. The van der Waals surface area contributed by atoms with Crippen molar-refractivity contribution >= 4 is 89.3 Å². The van der Waals surface area contributed by atoms with Gasteiger partial charge in [-0.25, -0.2) is 39.6 Å². The van der Waals surface area contributed by atoms with Crippen molar-refractivity contribution in [2.24, 2.45) is 10.7 Å². The van der Waals surface area contributed by atoms with Crippen LogP contribution < -0.4 is 11.1 Å². The lowest BCUT2D eigenvalue weighted by Gasteiger charge is -2.41. The molecule has 3 saturated heterocycles. The Morgan fingerprint density at radius 1 is 0.520 bits per heavy atom. The Kier molecular flexibility index (Phi) is 46.3. The Bertz CT molecular complexity index is 4800. The van der Waals surface area contributed by atoms with Gasteiger partial charge in [0.25, 0.3) is 20.9 Å². The maximum absolute atomic E-state index is 13.4. The number of ether oxygens (including phenoxy) is 2. The first-order valence-corrected chi connectivity index (χ1v) is 43.1. The minimum atomic E-state index is -3.71. The van der Waals surface area contributed by atoms with E-state index < -0.39 is 32.7 Å². The summed E-state index contributed by atoms with van der Waals surface area (Å²) < 4.78 is 112. The first-order valence-electron chi connectivity index (χ1n) is 39.3. The Morgan fingerprint density at radius 2 is 0.837 bits per heavy atom. The number of nitriles is 2. The maximum Gasteiger partial charge on any atom is 0.305 e. The lowest BCUT2D eigenvalue weighted by molar-refractivity contribution is -0.140. The number of alkyl halides is 2. The number of unbranched alkanes of at least 4 members (excludes halogenated alkanes) is 2. The molecule has 19 nitrogen and oxygen atoms in total. The van der Waals surface area contributed by atoms with Gasteiger partial charge in [-0.15, -0.1) is 23.2 Å². The highest BCUT2D eigenvalue weighted by atomic mass is 35.7. The highest BCUT2D eigenvalue weighted by Gasteiger charge is 2.38. The molecule has 0 aliphatic carbocycles. The van der Waals surface area contributed by atoms with Crippen molar-refractivity contribution in [1.82, 2.24) is 20.0 Å². The van der Waals surface area contributed by atoms with E-state index in [4.69, 9.17) is 54.2 Å². The quantitative estimate of drug-likeness (QED) is 0.00911. The predicted molar refractivity (Wildman–Crippen MR) is 466 cm³/mol. The molecule has 30 heteroatoms. The molecule has 4 aliphatic heterocycles. The van der Waals surface area contributed by atoms with Crippen molar-refractivity contribution in [3.8, 4) is 12.1 Å². The second-order valence-electron chi connectivity index (χ2n) is 28.5. The number of carbonyl (C=O) groups excluding carboxylic acids is 4. The number of hydrogen-bond donors (Lipinski definition) is 3. The second-order valence-corrected chi connectivity index (χ2v) is 32.4. The van der Waals surface area contributed by atoms with Crippen LogP contribution in [0.4, 0.5) is 32.0 Å². The summed E-state index contributed by atoms with van der Waals surface area (Å²) in [5.74, 6) is -3.90. The van der Waals surface area contributed by atoms with Crippen LogP contribution in [0.5, 0.6) is 0 Å². The summed E-state index contributed by atoms with van der Waals surface area (Å²) >= 11 is 14.2. The van der Waals surface area contributed by atoms with Crippen LogP contribution in [0.1, 0.15) is 129 Å². The summed E-state index contributed by atoms with van der Waals surface area (Å²) in [4.78, 5) is 59.7. The highest BCUT2D eigenvalue weighted by Crippen LogP contribution is 2.38. The van der Waals surface area contributed by atoms with Crippen LogP contribution in [0.25, 0.3) is 0 Å². The number of likely N-dealkylation sites (tertiary alicyclic amines) is 2. The molecule has 0 saturated carbocycles. The van der Waals surface area contributed by atoms with Crippen LogP contribution in [0.3, 0.4) is 0 Å². The van der Waals surface area contributed by atoms with Crippen LogP contribution in [0.2, 0.25) is 0 Å². The highest BCUT2D eigenvalue weighted by molar-refractivity contribution is 8.13. The maximum atomic E-state index is 13.4. The van der Waals surface area contributed by atoms with E-state index in [-0.39, 0.29) is 91.5 Å². The lowest BCUT2D eigenvalue weighted by Crippen LogP contribution is -2.46. The van der Waals surface area contributed by atoms with Gasteiger partial charge in [-0.05, 0) is 264 Å². The van der Waals surface area contributed by atoms with E-state index in [9.17, 15) is 69.3 Å². The molecule has 4 heterocycles.